The number of benzene rings is 4. The van der Waals surface area contributed by atoms with E-state index >= 15 is 0 Å². The zero-order valence-electron chi connectivity index (χ0n) is 29.3. The molecule has 0 saturated carbocycles. The molecule has 3 aliphatic heterocycles. The Balaban J connectivity index is 0.000000108. The highest BCUT2D eigenvalue weighted by atomic mass is 32.1. The van der Waals surface area contributed by atoms with E-state index in [0.717, 1.165) is 60.1 Å². The Labute approximate surface area is 298 Å². The molecule has 0 aliphatic carbocycles. The molecule has 4 aromatic carbocycles. The van der Waals surface area contributed by atoms with Crippen LogP contribution < -0.4 is 18.9 Å². The van der Waals surface area contributed by atoms with Crippen LogP contribution in [0, 0.1) is 34.6 Å². The lowest BCUT2D eigenvalue weighted by molar-refractivity contribution is 0.174. The van der Waals surface area contributed by atoms with Gasteiger partial charge in [-0.3, -0.25) is 0 Å². The van der Waals surface area contributed by atoms with Crippen molar-refractivity contribution in [3.63, 3.8) is 0 Å². The minimum absolute atomic E-state index is 0.360. The molecule has 0 saturated heterocycles. The van der Waals surface area contributed by atoms with Crippen LogP contribution >= 0.6 is 11.3 Å². The lowest BCUT2D eigenvalue weighted by Gasteiger charge is -1.97. The van der Waals surface area contributed by atoms with Gasteiger partial charge in [-0.15, -0.1) is 11.3 Å². The molecule has 0 N–H and O–H groups in total. The van der Waals surface area contributed by atoms with E-state index in [0.29, 0.717) is 6.79 Å². The van der Waals surface area contributed by atoms with Gasteiger partial charge in [-0.05, 0) is 117 Å². The second-order valence-electron chi connectivity index (χ2n) is 12.5. The van der Waals surface area contributed by atoms with Gasteiger partial charge >= 0.3 is 0 Å². The summed E-state index contributed by atoms with van der Waals surface area (Å²) in [4.78, 5) is 4.20. The Bertz CT molecular complexity index is 1980. The molecule has 6 heterocycles. The van der Waals surface area contributed by atoms with Crippen LogP contribution in [0.1, 0.15) is 38.9 Å². The molecule has 0 bridgehead atoms. The van der Waals surface area contributed by atoms with Crippen molar-refractivity contribution in [3.8, 4) is 23.0 Å². The Kier molecular flexibility index (Phi) is 11.3. The van der Waals surface area contributed by atoms with Gasteiger partial charge in [0.1, 0.15) is 11.5 Å². The number of nitrogens with zero attached hydrogens (tertiary/aromatic N) is 3. The molecular formula is C42H43N3O4S. The van der Waals surface area contributed by atoms with Gasteiger partial charge < -0.3 is 18.9 Å². The van der Waals surface area contributed by atoms with Crippen molar-refractivity contribution in [2.45, 2.75) is 47.5 Å². The molecule has 3 aliphatic rings. The molecule has 256 valence electrons. The normalized spacial score (nSPS) is 12.7. The van der Waals surface area contributed by atoms with Crippen LogP contribution in [0.25, 0.3) is 15.7 Å². The highest BCUT2D eigenvalue weighted by Crippen LogP contribution is 2.32. The van der Waals surface area contributed by atoms with Gasteiger partial charge in [-0.1, -0.05) is 48.0 Å². The predicted molar refractivity (Wildman–Crippen MR) is 202 cm³/mol. The highest BCUT2D eigenvalue weighted by molar-refractivity contribution is 7.16. The van der Waals surface area contributed by atoms with Gasteiger partial charge in [0.25, 0.3) is 0 Å². The number of aromatic nitrogens is 3. The average Bonchev–Trinajstić information content (AvgIpc) is 3.96. The molecule has 0 unspecified atom stereocenters. The summed E-state index contributed by atoms with van der Waals surface area (Å²) >= 11 is 1.68. The molecule has 50 heavy (non-hydrogen) atoms. The van der Waals surface area contributed by atoms with Gasteiger partial charge in [-0.2, -0.15) is 5.10 Å². The van der Waals surface area contributed by atoms with Gasteiger partial charge in [0.15, 0.2) is 11.5 Å². The maximum absolute atomic E-state index is 5.38. The molecule has 0 fully saturated rings. The summed E-state index contributed by atoms with van der Waals surface area (Å²) in [5.74, 6) is 3.87. The van der Waals surface area contributed by atoms with Crippen LogP contribution in [0.3, 0.4) is 0 Å². The van der Waals surface area contributed by atoms with E-state index in [2.05, 4.69) is 105 Å². The number of fused-ring (bicyclic) bond motifs is 5. The number of ether oxygens (including phenoxy) is 4. The Morgan fingerprint density at radius 3 is 2.04 bits per heavy atom. The number of aryl methyl sites for hydroxylation is 5. The maximum Gasteiger partial charge on any atom is 0.231 e. The van der Waals surface area contributed by atoms with E-state index in [-0.39, 0.29) is 0 Å². The maximum atomic E-state index is 5.38. The van der Waals surface area contributed by atoms with Crippen LogP contribution in [-0.4, -0.2) is 34.6 Å². The smallest absolute Gasteiger partial charge is 0.231 e. The Morgan fingerprint density at radius 2 is 1.20 bits per heavy atom. The van der Waals surface area contributed by atoms with E-state index in [1.807, 2.05) is 47.4 Å². The fourth-order valence-corrected chi connectivity index (χ4v) is 6.24. The third-order valence-corrected chi connectivity index (χ3v) is 9.06. The third kappa shape index (κ3) is 9.21. The topological polar surface area (TPSA) is 67.1 Å². The van der Waals surface area contributed by atoms with E-state index in [1.54, 1.807) is 17.5 Å². The summed E-state index contributed by atoms with van der Waals surface area (Å²) < 4.78 is 24.2. The van der Waals surface area contributed by atoms with E-state index in [1.165, 1.54) is 43.6 Å². The molecule has 0 spiro atoms. The van der Waals surface area contributed by atoms with Crippen molar-refractivity contribution in [2.24, 2.45) is 0 Å². The van der Waals surface area contributed by atoms with Crippen molar-refractivity contribution in [1.29, 1.82) is 0 Å². The zero-order valence-corrected chi connectivity index (χ0v) is 30.1. The van der Waals surface area contributed by atoms with E-state index < -0.39 is 0 Å². The largest absolute Gasteiger partial charge is 0.493 e. The first-order valence-corrected chi connectivity index (χ1v) is 17.7. The lowest BCUT2D eigenvalue weighted by Crippen LogP contribution is -1.92. The van der Waals surface area contributed by atoms with Crippen molar-refractivity contribution in [2.75, 3.05) is 20.0 Å². The Hall–Kier alpha value is -5.34. The predicted octanol–water partition coefficient (Wildman–Crippen LogP) is 9.83. The van der Waals surface area contributed by atoms with Crippen molar-refractivity contribution in [1.82, 2.24) is 14.6 Å². The first-order chi connectivity index (χ1) is 24.3. The minimum Gasteiger partial charge on any atom is -0.493 e. The van der Waals surface area contributed by atoms with Gasteiger partial charge in [-0.25, -0.2) is 9.50 Å². The highest BCUT2D eigenvalue weighted by Gasteiger charge is 2.12. The fourth-order valence-electron chi connectivity index (χ4n) is 5.58. The summed E-state index contributed by atoms with van der Waals surface area (Å²) in [5.41, 5.74) is 13.2. The molecule has 0 radical (unpaired) electrons. The molecule has 10 rings (SSSR count). The minimum atomic E-state index is 0.360. The number of thiazole rings is 1. The van der Waals surface area contributed by atoms with Crippen LogP contribution in [0.5, 0.6) is 23.0 Å². The van der Waals surface area contributed by atoms with Gasteiger partial charge in [0.05, 0.1) is 34.5 Å². The van der Waals surface area contributed by atoms with E-state index in [9.17, 15) is 0 Å². The lowest BCUT2D eigenvalue weighted by atomic mass is 10.1. The molecule has 7 nitrogen and oxygen atoms in total. The standard InChI is InChI=1S/2C9H10O.C8H8N2.C8H7NS.C8H8O2/c1-7-2-3-9-8(6-7)4-5-10-9;1-7-2-3-8-4-5-10-9(8)6-7;1-7-2-3-8-4-5-9-10(8)6-7;1-6-2-3-8-7(4-6)9-5-10-8;1-6-2-3-7-8(4-6)10-5-9-7/h2*2-3,6H,4-5H2,1H3;2-6H,1H3;2-5H,1H3;2-4H,5H2,1H3. The number of hydrogen-bond donors (Lipinski definition) is 0. The fraction of sp³-hybridized carbons (Fsp3) is 0.238. The molecule has 0 atom stereocenters. The summed E-state index contributed by atoms with van der Waals surface area (Å²) in [5, 5.41) is 4.10. The van der Waals surface area contributed by atoms with E-state index in [4.69, 9.17) is 18.9 Å². The molecule has 8 heteroatoms. The first kappa shape index (κ1) is 34.5. The average molecular weight is 686 g/mol. The van der Waals surface area contributed by atoms with Crippen molar-refractivity contribution < 1.29 is 18.9 Å². The molecule has 3 aromatic heterocycles. The number of rotatable bonds is 0. The first-order valence-electron chi connectivity index (χ1n) is 16.8. The number of hydrogen-bond acceptors (Lipinski definition) is 7. The summed E-state index contributed by atoms with van der Waals surface area (Å²) in [6.45, 7) is 12.4. The monoisotopic (exact) mass is 685 g/mol. The Morgan fingerprint density at radius 1 is 0.560 bits per heavy atom. The summed E-state index contributed by atoms with van der Waals surface area (Å²) in [6.07, 6.45) is 5.97. The second-order valence-corrected chi connectivity index (χ2v) is 13.4. The SMILES string of the molecule is Cc1ccc2c(c1)CCO2.Cc1ccc2c(c1)OCC2.Cc1ccc2c(c1)OCO2.Cc1ccc2ccnn2c1.Cc1ccc2scnc2c1. The second kappa shape index (κ2) is 16.4. The quantitative estimate of drug-likeness (QED) is 0.158. The number of pyridine rings is 1. The van der Waals surface area contributed by atoms with Crippen LogP contribution in [0.2, 0.25) is 0 Å². The molecule has 0 amide bonds. The van der Waals surface area contributed by atoms with Crippen LogP contribution in [0.15, 0.2) is 109 Å². The van der Waals surface area contributed by atoms with Crippen LogP contribution in [-0.2, 0) is 12.8 Å². The third-order valence-electron chi connectivity index (χ3n) is 8.25. The van der Waals surface area contributed by atoms with Crippen molar-refractivity contribution in [3.05, 3.63) is 148 Å². The zero-order chi connectivity index (χ0) is 34.9. The molecular weight excluding hydrogens is 643 g/mol. The van der Waals surface area contributed by atoms with Crippen LogP contribution in [0.4, 0.5) is 0 Å². The van der Waals surface area contributed by atoms with Crippen molar-refractivity contribution >= 4 is 27.1 Å². The van der Waals surface area contributed by atoms with Gasteiger partial charge in [0, 0.05) is 25.2 Å². The summed E-state index contributed by atoms with van der Waals surface area (Å²) in [6, 6.07) is 31.1. The molecule has 7 aromatic rings. The summed E-state index contributed by atoms with van der Waals surface area (Å²) in [7, 11) is 0. The van der Waals surface area contributed by atoms with Gasteiger partial charge in [0.2, 0.25) is 6.79 Å².